The second kappa shape index (κ2) is 7.61. The Morgan fingerprint density at radius 2 is 1.91 bits per heavy atom. The minimum Gasteiger partial charge on any atom is -0.495 e. The number of carbonyl (C=O) groups is 1. The molecule has 0 aromatic heterocycles. The average molecular weight is 298 g/mol. The van der Waals surface area contributed by atoms with Crippen LogP contribution < -0.4 is 10.5 Å². The van der Waals surface area contributed by atoms with Gasteiger partial charge in [0.2, 0.25) is 0 Å². The number of ketones is 1. The summed E-state index contributed by atoms with van der Waals surface area (Å²) in [6.07, 6.45) is 0.467. The number of nitrogen functional groups attached to an aromatic ring is 1. The van der Waals surface area contributed by atoms with Crippen molar-refractivity contribution in [1.82, 2.24) is 4.90 Å². The second-order valence-corrected chi connectivity index (χ2v) is 5.35. The van der Waals surface area contributed by atoms with E-state index in [9.17, 15) is 4.79 Å². The van der Waals surface area contributed by atoms with E-state index in [2.05, 4.69) is 17.0 Å². The van der Waals surface area contributed by atoms with Crippen molar-refractivity contribution in [3.05, 3.63) is 59.7 Å². The lowest BCUT2D eigenvalue weighted by Crippen LogP contribution is -2.21. The second-order valence-electron chi connectivity index (χ2n) is 5.35. The van der Waals surface area contributed by atoms with Crippen molar-refractivity contribution in [3.8, 4) is 5.75 Å². The van der Waals surface area contributed by atoms with E-state index in [1.54, 1.807) is 25.3 Å². The van der Waals surface area contributed by atoms with E-state index in [4.69, 9.17) is 10.5 Å². The Morgan fingerprint density at radius 3 is 2.55 bits per heavy atom. The van der Waals surface area contributed by atoms with Crippen molar-refractivity contribution in [2.75, 3.05) is 26.4 Å². The van der Waals surface area contributed by atoms with Crippen molar-refractivity contribution in [3.63, 3.8) is 0 Å². The van der Waals surface area contributed by atoms with E-state index >= 15 is 0 Å². The number of nitrogens with two attached hydrogens (primary N) is 1. The maximum atomic E-state index is 12.2. The zero-order chi connectivity index (χ0) is 15.9. The summed E-state index contributed by atoms with van der Waals surface area (Å²) in [5.41, 5.74) is 8.20. The molecular weight excluding hydrogens is 276 g/mol. The normalized spacial score (nSPS) is 10.7. The molecule has 0 bridgehead atoms. The van der Waals surface area contributed by atoms with Crippen LogP contribution in [0.2, 0.25) is 0 Å². The third-order valence-corrected chi connectivity index (χ3v) is 3.57. The Balaban J connectivity index is 1.88. The van der Waals surface area contributed by atoms with Gasteiger partial charge in [0, 0.05) is 25.1 Å². The van der Waals surface area contributed by atoms with Gasteiger partial charge in [0.25, 0.3) is 0 Å². The largest absolute Gasteiger partial charge is 0.495 e. The van der Waals surface area contributed by atoms with Crippen LogP contribution in [0.1, 0.15) is 22.3 Å². The molecule has 0 heterocycles. The molecule has 0 aliphatic carbocycles. The van der Waals surface area contributed by atoms with Crippen molar-refractivity contribution >= 4 is 11.5 Å². The van der Waals surface area contributed by atoms with Crippen molar-refractivity contribution < 1.29 is 9.53 Å². The van der Waals surface area contributed by atoms with Gasteiger partial charge < -0.3 is 15.4 Å². The van der Waals surface area contributed by atoms with Crippen LogP contribution >= 0.6 is 0 Å². The first-order valence-electron chi connectivity index (χ1n) is 7.29. The summed E-state index contributed by atoms with van der Waals surface area (Å²) >= 11 is 0. The number of rotatable bonds is 7. The van der Waals surface area contributed by atoms with Gasteiger partial charge in [-0.2, -0.15) is 0 Å². The smallest absolute Gasteiger partial charge is 0.164 e. The van der Waals surface area contributed by atoms with E-state index in [1.165, 1.54) is 5.56 Å². The van der Waals surface area contributed by atoms with Crippen LogP contribution in [0.3, 0.4) is 0 Å². The lowest BCUT2D eigenvalue weighted by Gasteiger charge is -2.16. The summed E-state index contributed by atoms with van der Waals surface area (Å²) in [5, 5.41) is 0. The summed E-state index contributed by atoms with van der Waals surface area (Å²) in [5.74, 6) is 0.687. The van der Waals surface area contributed by atoms with Crippen molar-refractivity contribution in [2.24, 2.45) is 0 Å². The molecule has 4 nitrogen and oxygen atoms in total. The molecule has 2 N–H and O–H groups in total. The number of hydrogen-bond donors (Lipinski definition) is 1. The minimum atomic E-state index is 0.0919. The van der Waals surface area contributed by atoms with Gasteiger partial charge in [-0.15, -0.1) is 0 Å². The van der Waals surface area contributed by atoms with E-state index in [0.717, 1.165) is 6.54 Å². The molecule has 0 atom stereocenters. The molecule has 2 aromatic rings. The van der Waals surface area contributed by atoms with Gasteiger partial charge in [-0.3, -0.25) is 4.79 Å². The quantitative estimate of drug-likeness (QED) is 0.630. The molecule has 0 spiro atoms. The van der Waals surface area contributed by atoms with Crippen molar-refractivity contribution in [1.29, 1.82) is 0 Å². The third-order valence-electron chi connectivity index (χ3n) is 3.57. The number of methoxy groups -OCH3 is 1. The van der Waals surface area contributed by atoms with E-state index in [0.29, 0.717) is 30.0 Å². The van der Waals surface area contributed by atoms with Crippen LogP contribution in [0.4, 0.5) is 5.69 Å². The predicted octanol–water partition coefficient (Wildman–Crippen LogP) is 2.98. The molecule has 0 saturated heterocycles. The molecule has 2 rings (SSSR count). The fourth-order valence-corrected chi connectivity index (χ4v) is 2.32. The first-order valence-corrected chi connectivity index (χ1v) is 7.29. The van der Waals surface area contributed by atoms with Gasteiger partial charge in [-0.05, 0) is 30.8 Å². The lowest BCUT2D eigenvalue weighted by molar-refractivity contribution is 0.0968. The third kappa shape index (κ3) is 4.33. The Labute approximate surface area is 131 Å². The predicted molar refractivity (Wildman–Crippen MR) is 89.1 cm³/mol. The number of nitrogens with zero attached hydrogens (tertiary/aromatic N) is 1. The first kappa shape index (κ1) is 16.0. The number of ether oxygens (including phenoxy) is 1. The fraction of sp³-hybridized carbons (Fsp3) is 0.278. The number of anilines is 1. The van der Waals surface area contributed by atoms with E-state index in [1.807, 2.05) is 25.2 Å². The maximum Gasteiger partial charge on any atom is 0.164 e. The Morgan fingerprint density at radius 1 is 1.18 bits per heavy atom. The highest BCUT2D eigenvalue weighted by molar-refractivity contribution is 5.97. The van der Waals surface area contributed by atoms with Crippen molar-refractivity contribution in [2.45, 2.75) is 13.0 Å². The van der Waals surface area contributed by atoms with Crippen LogP contribution in [-0.4, -0.2) is 31.4 Å². The molecule has 0 amide bonds. The van der Waals surface area contributed by atoms with Gasteiger partial charge in [-0.25, -0.2) is 0 Å². The summed E-state index contributed by atoms with van der Waals surface area (Å²) in [7, 11) is 3.58. The molecule has 4 heteroatoms. The molecular formula is C18H22N2O2. The zero-order valence-electron chi connectivity index (χ0n) is 13.1. The first-order chi connectivity index (χ1) is 10.6. The number of Topliss-reactive ketones (excluding diaryl/α,β-unsaturated/α-hetero) is 1. The highest BCUT2D eigenvalue weighted by atomic mass is 16.5. The Hall–Kier alpha value is -2.33. The molecule has 0 fully saturated rings. The average Bonchev–Trinajstić information content (AvgIpc) is 2.53. The highest BCUT2D eigenvalue weighted by Crippen LogP contribution is 2.22. The van der Waals surface area contributed by atoms with Crippen LogP contribution in [0.5, 0.6) is 5.75 Å². The van der Waals surface area contributed by atoms with E-state index in [-0.39, 0.29) is 5.78 Å². The molecule has 0 saturated carbocycles. The fourth-order valence-electron chi connectivity index (χ4n) is 2.32. The van der Waals surface area contributed by atoms with E-state index < -0.39 is 0 Å². The molecule has 0 unspecified atom stereocenters. The SMILES string of the molecule is COc1ccc(C(=O)CCN(C)Cc2ccccc2)cc1N. The summed E-state index contributed by atoms with van der Waals surface area (Å²) in [6, 6.07) is 15.4. The van der Waals surface area contributed by atoms with Crippen LogP contribution in [0.25, 0.3) is 0 Å². The highest BCUT2D eigenvalue weighted by Gasteiger charge is 2.10. The van der Waals surface area contributed by atoms with Crippen LogP contribution in [0, 0.1) is 0 Å². The molecule has 0 aliphatic rings. The van der Waals surface area contributed by atoms with Gasteiger partial charge in [0.15, 0.2) is 5.78 Å². The van der Waals surface area contributed by atoms with Crippen LogP contribution in [0.15, 0.2) is 48.5 Å². The van der Waals surface area contributed by atoms with Crippen LogP contribution in [-0.2, 0) is 6.54 Å². The molecule has 116 valence electrons. The monoisotopic (exact) mass is 298 g/mol. The summed E-state index contributed by atoms with van der Waals surface area (Å²) in [4.78, 5) is 14.4. The Bertz CT molecular complexity index is 626. The maximum absolute atomic E-state index is 12.2. The van der Waals surface area contributed by atoms with Gasteiger partial charge >= 0.3 is 0 Å². The molecule has 0 aliphatic heterocycles. The number of carbonyl (C=O) groups excluding carboxylic acids is 1. The molecule has 2 aromatic carbocycles. The van der Waals surface area contributed by atoms with Gasteiger partial charge in [-0.1, -0.05) is 30.3 Å². The molecule has 0 radical (unpaired) electrons. The number of benzene rings is 2. The van der Waals surface area contributed by atoms with Gasteiger partial charge in [0.05, 0.1) is 12.8 Å². The standard InChI is InChI=1S/C18H22N2O2/c1-20(13-14-6-4-3-5-7-14)11-10-17(21)15-8-9-18(22-2)16(19)12-15/h3-9,12H,10-11,13,19H2,1-2H3. The lowest BCUT2D eigenvalue weighted by atomic mass is 10.1. The summed E-state index contributed by atoms with van der Waals surface area (Å²) in [6.45, 7) is 1.54. The number of hydrogen-bond acceptors (Lipinski definition) is 4. The minimum absolute atomic E-state index is 0.0919. The Kier molecular flexibility index (Phi) is 5.55. The summed E-state index contributed by atoms with van der Waals surface area (Å²) < 4.78 is 5.10. The van der Waals surface area contributed by atoms with Gasteiger partial charge in [0.1, 0.15) is 5.75 Å². The molecule has 22 heavy (non-hydrogen) atoms. The topological polar surface area (TPSA) is 55.6 Å². The zero-order valence-corrected chi connectivity index (χ0v) is 13.1.